The Bertz CT molecular complexity index is 3420. The molecule has 10 rings (SSSR count). The fourth-order valence-corrected chi connectivity index (χ4v) is 8.70. The molecule has 0 bridgehead atoms. The summed E-state index contributed by atoms with van der Waals surface area (Å²) in [7, 11) is 0. The van der Waals surface area contributed by atoms with E-state index in [1.54, 1.807) is 6.08 Å². The molecule has 0 N–H and O–H groups in total. The van der Waals surface area contributed by atoms with Crippen LogP contribution in [-0.2, 0) is 0 Å². The molecular weight excluding hydrogens is 743 g/mol. The summed E-state index contributed by atoms with van der Waals surface area (Å²) in [6.45, 7) is 12.4. The number of hydrogen-bond acceptors (Lipinski definition) is 3. The third kappa shape index (κ3) is 6.67. The molecule has 0 aliphatic carbocycles. The molecule has 3 nitrogen and oxygen atoms in total. The van der Waals surface area contributed by atoms with Crippen LogP contribution in [0, 0.1) is 0 Å². The topological polar surface area (TPSA) is 29.5 Å². The predicted molar refractivity (Wildman–Crippen MR) is 261 cm³/mol. The smallest absolute Gasteiger partial charge is 0.143 e. The average Bonchev–Trinajstić information content (AvgIpc) is 3.88. The van der Waals surface area contributed by atoms with Crippen LogP contribution in [0.5, 0.6) is 0 Å². The van der Waals surface area contributed by atoms with Crippen molar-refractivity contribution in [1.29, 1.82) is 0 Å². The summed E-state index contributed by atoms with van der Waals surface area (Å²) in [6.07, 6.45) is 12.1. The van der Waals surface area contributed by atoms with Gasteiger partial charge in [0.05, 0.1) is 5.69 Å². The first-order valence-corrected chi connectivity index (χ1v) is 20.7. The number of para-hydroxylation sites is 2. The highest BCUT2D eigenvalue weighted by Gasteiger charge is 2.21. The van der Waals surface area contributed by atoms with Crippen LogP contribution in [0.2, 0.25) is 0 Å². The predicted octanol–water partition coefficient (Wildman–Crippen LogP) is 17.2. The Morgan fingerprint density at radius 1 is 0.525 bits per heavy atom. The minimum atomic E-state index is 0.841. The van der Waals surface area contributed by atoms with E-state index in [1.165, 1.54) is 5.39 Å². The lowest BCUT2D eigenvalue weighted by Gasteiger charge is -2.28. The van der Waals surface area contributed by atoms with Crippen LogP contribution >= 0.6 is 0 Å². The second-order valence-electron chi connectivity index (χ2n) is 15.3. The number of anilines is 3. The van der Waals surface area contributed by atoms with Crippen molar-refractivity contribution in [1.82, 2.24) is 0 Å². The second kappa shape index (κ2) is 15.7. The Hall–Kier alpha value is -7.88. The minimum absolute atomic E-state index is 0.841. The first-order valence-electron chi connectivity index (χ1n) is 20.7. The van der Waals surface area contributed by atoms with Crippen molar-refractivity contribution in [2.45, 2.75) is 13.8 Å². The lowest BCUT2D eigenvalue weighted by Crippen LogP contribution is -2.11. The van der Waals surface area contributed by atoms with Gasteiger partial charge in [0.15, 0.2) is 0 Å². The van der Waals surface area contributed by atoms with Crippen molar-refractivity contribution in [3.63, 3.8) is 0 Å². The van der Waals surface area contributed by atoms with Gasteiger partial charge >= 0.3 is 0 Å². The zero-order chi connectivity index (χ0) is 41.5. The summed E-state index contributed by atoms with van der Waals surface area (Å²) >= 11 is 0. The molecule has 0 aliphatic heterocycles. The van der Waals surface area contributed by atoms with E-state index in [4.69, 9.17) is 8.83 Å². The highest BCUT2D eigenvalue weighted by molar-refractivity contribution is 6.16. The lowest BCUT2D eigenvalue weighted by molar-refractivity contribution is 0.669. The van der Waals surface area contributed by atoms with Gasteiger partial charge in [0.2, 0.25) is 0 Å². The van der Waals surface area contributed by atoms with Gasteiger partial charge in [0.1, 0.15) is 22.3 Å². The summed E-state index contributed by atoms with van der Waals surface area (Å²) < 4.78 is 13.0. The van der Waals surface area contributed by atoms with Crippen molar-refractivity contribution >= 4 is 82.9 Å². The molecule has 3 heteroatoms. The van der Waals surface area contributed by atoms with Gasteiger partial charge in [-0.2, -0.15) is 0 Å². The van der Waals surface area contributed by atoms with E-state index < -0.39 is 0 Å². The Balaban J connectivity index is 1.12. The largest absolute Gasteiger partial charge is 0.456 e. The first kappa shape index (κ1) is 37.4. The van der Waals surface area contributed by atoms with Crippen molar-refractivity contribution in [3.05, 3.63) is 225 Å². The first-order chi connectivity index (χ1) is 30.0. The SMILES string of the molecule is C=C/C=C\C(=C)c1cc(-c2ccc(N(c3ccc4c(c3)oc3ccccc34)c3ccccc3-c3ccc4oc5c6ccccc6ccc5c4c3)cc2)ccc1C(/C=C\C)=C/C. The van der Waals surface area contributed by atoms with Gasteiger partial charge in [-0.25, -0.2) is 0 Å². The molecule has 0 atom stereocenters. The molecule has 0 fully saturated rings. The van der Waals surface area contributed by atoms with E-state index in [1.807, 2.05) is 31.2 Å². The maximum atomic E-state index is 6.52. The monoisotopic (exact) mass is 785 g/mol. The molecule has 0 saturated carbocycles. The van der Waals surface area contributed by atoms with Crippen LogP contribution < -0.4 is 4.90 Å². The lowest BCUT2D eigenvalue weighted by atomic mass is 9.90. The zero-order valence-corrected chi connectivity index (χ0v) is 34.2. The molecule has 0 amide bonds. The van der Waals surface area contributed by atoms with Crippen LogP contribution in [0.3, 0.4) is 0 Å². The fourth-order valence-electron chi connectivity index (χ4n) is 8.70. The quantitative estimate of drug-likeness (QED) is 0.129. The number of rotatable bonds is 10. The summed E-state index contributed by atoms with van der Waals surface area (Å²) in [4.78, 5) is 2.34. The second-order valence-corrected chi connectivity index (χ2v) is 15.3. The van der Waals surface area contributed by atoms with Gasteiger partial charge in [-0.3, -0.25) is 0 Å². The minimum Gasteiger partial charge on any atom is -0.456 e. The third-order valence-electron chi connectivity index (χ3n) is 11.7. The van der Waals surface area contributed by atoms with Gasteiger partial charge < -0.3 is 13.7 Å². The highest BCUT2D eigenvalue weighted by atomic mass is 16.3. The van der Waals surface area contributed by atoms with E-state index in [0.717, 1.165) is 111 Å². The van der Waals surface area contributed by atoms with Gasteiger partial charge in [-0.05, 0) is 119 Å². The standard InChI is InChI=1S/C58H43NO2/c1-5-8-16-38(4)52-35-42(26-31-46(52)39(7-3)15-6-2)40-23-28-44(29-24-40)59(45-30-33-50-49-20-12-14-22-55(49)60-57(50)37-45)54-21-13-11-18-47(54)43-27-34-56-53(36-43)51-32-25-41-17-9-10-19-48(41)58(51)61-56/h5-37H,1,4H2,2-3H3/b15-6-,16-8-,39-7+. The molecule has 8 aromatic carbocycles. The van der Waals surface area contributed by atoms with E-state index in [2.05, 4.69) is 195 Å². The van der Waals surface area contributed by atoms with E-state index in [0.29, 0.717) is 0 Å². The van der Waals surface area contributed by atoms with Crippen molar-refractivity contribution < 1.29 is 8.83 Å². The third-order valence-corrected chi connectivity index (χ3v) is 11.7. The summed E-state index contributed by atoms with van der Waals surface area (Å²) in [6, 6.07) is 58.2. The Kier molecular flexibility index (Phi) is 9.63. The Morgan fingerprint density at radius 3 is 2.07 bits per heavy atom. The van der Waals surface area contributed by atoms with E-state index in [-0.39, 0.29) is 0 Å². The Labute approximate surface area is 355 Å². The fraction of sp³-hybridized carbons (Fsp3) is 0.0345. The molecule has 0 aliphatic rings. The van der Waals surface area contributed by atoms with Gasteiger partial charge in [-0.1, -0.05) is 147 Å². The molecule has 0 unspecified atom stereocenters. The normalized spacial score (nSPS) is 12.2. The van der Waals surface area contributed by atoms with Gasteiger partial charge in [0.25, 0.3) is 0 Å². The highest BCUT2D eigenvalue weighted by Crippen LogP contribution is 2.45. The van der Waals surface area contributed by atoms with Crippen LogP contribution in [0.25, 0.3) is 88.0 Å². The van der Waals surface area contributed by atoms with E-state index in [9.17, 15) is 0 Å². The number of furan rings is 2. The number of hydrogen-bond donors (Lipinski definition) is 0. The van der Waals surface area contributed by atoms with Crippen molar-refractivity contribution in [3.8, 4) is 22.3 Å². The van der Waals surface area contributed by atoms with Gasteiger partial charge in [-0.15, -0.1) is 0 Å². The van der Waals surface area contributed by atoms with Crippen LogP contribution in [-0.4, -0.2) is 0 Å². The van der Waals surface area contributed by atoms with Gasteiger partial charge in [0, 0.05) is 49.9 Å². The van der Waals surface area contributed by atoms with Crippen LogP contribution in [0.1, 0.15) is 25.0 Å². The molecule has 10 aromatic rings. The number of allylic oxidation sites excluding steroid dienone is 8. The van der Waals surface area contributed by atoms with Crippen molar-refractivity contribution in [2.24, 2.45) is 0 Å². The molecule has 292 valence electrons. The summed E-state index contributed by atoms with van der Waals surface area (Å²) in [5, 5.41) is 6.68. The summed E-state index contributed by atoms with van der Waals surface area (Å²) in [5.41, 5.74) is 15.3. The number of nitrogens with zero attached hydrogens (tertiary/aromatic N) is 1. The molecular formula is C58H43NO2. The molecule has 0 saturated heterocycles. The number of benzene rings is 8. The zero-order valence-electron chi connectivity index (χ0n) is 34.2. The number of fused-ring (bicyclic) bond motifs is 8. The maximum Gasteiger partial charge on any atom is 0.143 e. The average molecular weight is 786 g/mol. The Morgan fingerprint density at radius 2 is 1.23 bits per heavy atom. The summed E-state index contributed by atoms with van der Waals surface area (Å²) in [5.74, 6) is 0. The van der Waals surface area contributed by atoms with E-state index >= 15 is 0 Å². The molecule has 2 heterocycles. The molecule has 0 radical (unpaired) electrons. The van der Waals surface area contributed by atoms with Crippen molar-refractivity contribution in [2.75, 3.05) is 4.90 Å². The molecule has 0 spiro atoms. The van der Waals surface area contributed by atoms with Crippen LogP contribution in [0.4, 0.5) is 17.1 Å². The molecule has 61 heavy (non-hydrogen) atoms. The maximum absolute atomic E-state index is 6.52. The van der Waals surface area contributed by atoms with Crippen LogP contribution in [0.15, 0.2) is 222 Å². The molecule has 2 aromatic heterocycles.